The Morgan fingerprint density at radius 2 is 2.05 bits per heavy atom. The van der Waals surface area contributed by atoms with E-state index in [1.165, 1.54) is 11.0 Å². The third kappa shape index (κ3) is 4.13. The molecule has 1 aromatic carbocycles. The molecular formula is C17H20N2O2. The van der Waals surface area contributed by atoms with Crippen LogP contribution in [0.2, 0.25) is 0 Å². The van der Waals surface area contributed by atoms with Crippen LogP contribution in [0.25, 0.3) is 17.0 Å². The number of rotatable bonds is 4. The summed E-state index contributed by atoms with van der Waals surface area (Å²) >= 11 is 0. The molecule has 0 fully saturated rings. The lowest BCUT2D eigenvalue weighted by Crippen LogP contribution is -2.38. The molecule has 1 amide bonds. The van der Waals surface area contributed by atoms with Crippen molar-refractivity contribution in [1.82, 2.24) is 9.88 Å². The maximum Gasteiger partial charge on any atom is 0.246 e. The van der Waals surface area contributed by atoms with Gasteiger partial charge in [0.2, 0.25) is 5.91 Å². The number of amides is 1. The standard InChI is InChI=1S/C17H20N2O2/c1-17(2,21)12-19(3)15(20)10-9-14-7-4-6-13-8-5-11-18-16(13)14/h4-11,21H,12H2,1-3H3/b10-9+. The molecule has 1 aromatic heterocycles. The molecule has 0 atom stereocenters. The van der Waals surface area contributed by atoms with Gasteiger partial charge in [0.25, 0.3) is 0 Å². The van der Waals surface area contributed by atoms with Crippen LogP contribution in [-0.4, -0.2) is 40.1 Å². The van der Waals surface area contributed by atoms with Crippen LogP contribution in [0.4, 0.5) is 0 Å². The fraction of sp³-hybridized carbons (Fsp3) is 0.294. The summed E-state index contributed by atoms with van der Waals surface area (Å²) in [7, 11) is 1.67. The summed E-state index contributed by atoms with van der Waals surface area (Å²) in [6, 6.07) is 9.73. The van der Waals surface area contributed by atoms with Gasteiger partial charge in [-0.15, -0.1) is 0 Å². The van der Waals surface area contributed by atoms with Crippen LogP contribution in [-0.2, 0) is 4.79 Å². The molecule has 0 spiro atoms. The number of aromatic nitrogens is 1. The summed E-state index contributed by atoms with van der Waals surface area (Å²) < 4.78 is 0. The normalized spacial score (nSPS) is 12.0. The van der Waals surface area contributed by atoms with Crippen molar-refractivity contribution < 1.29 is 9.90 Å². The number of benzene rings is 1. The minimum atomic E-state index is -0.904. The van der Waals surface area contributed by atoms with E-state index in [0.29, 0.717) is 0 Å². The fourth-order valence-corrected chi connectivity index (χ4v) is 2.21. The van der Waals surface area contributed by atoms with Crippen molar-refractivity contribution in [3.05, 3.63) is 48.2 Å². The van der Waals surface area contributed by atoms with E-state index in [2.05, 4.69) is 4.98 Å². The second-order valence-electron chi connectivity index (χ2n) is 5.76. The van der Waals surface area contributed by atoms with Crippen molar-refractivity contribution in [2.45, 2.75) is 19.4 Å². The molecule has 1 N–H and O–H groups in total. The Hall–Kier alpha value is -2.20. The number of para-hydroxylation sites is 1. The topological polar surface area (TPSA) is 53.4 Å². The largest absolute Gasteiger partial charge is 0.389 e. The highest BCUT2D eigenvalue weighted by atomic mass is 16.3. The molecule has 0 aliphatic carbocycles. The zero-order chi connectivity index (χ0) is 15.5. The average Bonchev–Trinajstić information content (AvgIpc) is 2.42. The molecule has 21 heavy (non-hydrogen) atoms. The molecule has 0 saturated heterocycles. The van der Waals surface area contributed by atoms with E-state index in [-0.39, 0.29) is 12.5 Å². The monoisotopic (exact) mass is 284 g/mol. The van der Waals surface area contributed by atoms with Crippen LogP contribution in [0.1, 0.15) is 19.4 Å². The summed E-state index contributed by atoms with van der Waals surface area (Å²) in [5, 5.41) is 10.8. The second-order valence-corrected chi connectivity index (χ2v) is 5.76. The van der Waals surface area contributed by atoms with Gasteiger partial charge in [-0.1, -0.05) is 24.3 Å². The third-order valence-corrected chi connectivity index (χ3v) is 3.07. The van der Waals surface area contributed by atoms with Gasteiger partial charge in [0.1, 0.15) is 0 Å². The second kappa shape index (κ2) is 6.06. The molecule has 1 heterocycles. The Balaban J connectivity index is 2.18. The highest BCUT2D eigenvalue weighted by Crippen LogP contribution is 2.17. The van der Waals surface area contributed by atoms with Crippen LogP contribution in [0.15, 0.2) is 42.6 Å². The molecule has 4 nitrogen and oxygen atoms in total. The Bertz CT molecular complexity index is 667. The summed E-state index contributed by atoms with van der Waals surface area (Å²) in [6.45, 7) is 3.63. The maximum absolute atomic E-state index is 12.0. The minimum absolute atomic E-state index is 0.148. The molecule has 110 valence electrons. The lowest BCUT2D eigenvalue weighted by atomic mass is 10.1. The maximum atomic E-state index is 12.0. The molecule has 0 aliphatic heterocycles. The molecule has 0 saturated carbocycles. The van der Waals surface area contributed by atoms with E-state index >= 15 is 0 Å². The third-order valence-electron chi connectivity index (χ3n) is 3.07. The molecule has 4 heteroatoms. The number of aliphatic hydroxyl groups is 1. The van der Waals surface area contributed by atoms with E-state index in [4.69, 9.17) is 0 Å². The number of fused-ring (bicyclic) bond motifs is 1. The van der Waals surface area contributed by atoms with Crippen molar-refractivity contribution in [2.75, 3.05) is 13.6 Å². The summed E-state index contributed by atoms with van der Waals surface area (Å²) in [6.07, 6.45) is 5.01. The molecule has 2 rings (SSSR count). The van der Waals surface area contributed by atoms with Gasteiger partial charge in [-0.2, -0.15) is 0 Å². The highest BCUT2D eigenvalue weighted by molar-refractivity contribution is 5.95. The predicted octanol–water partition coefficient (Wildman–Crippen LogP) is 2.48. The zero-order valence-corrected chi connectivity index (χ0v) is 12.6. The van der Waals surface area contributed by atoms with Crippen molar-refractivity contribution in [2.24, 2.45) is 0 Å². The lowest BCUT2D eigenvalue weighted by Gasteiger charge is -2.24. The van der Waals surface area contributed by atoms with E-state index < -0.39 is 5.60 Å². The first-order chi connectivity index (χ1) is 9.87. The number of nitrogens with zero attached hydrogens (tertiary/aromatic N) is 2. The number of carbonyl (C=O) groups excluding carboxylic acids is 1. The van der Waals surface area contributed by atoms with Gasteiger partial charge < -0.3 is 10.0 Å². The smallest absolute Gasteiger partial charge is 0.246 e. The van der Waals surface area contributed by atoms with Crippen molar-refractivity contribution in [3.8, 4) is 0 Å². The van der Waals surface area contributed by atoms with Crippen LogP contribution >= 0.6 is 0 Å². The van der Waals surface area contributed by atoms with Crippen molar-refractivity contribution >= 4 is 22.9 Å². The van der Waals surface area contributed by atoms with Gasteiger partial charge in [-0.25, -0.2) is 0 Å². The Morgan fingerprint density at radius 1 is 1.33 bits per heavy atom. The van der Waals surface area contributed by atoms with Gasteiger partial charge >= 0.3 is 0 Å². The molecule has 0 aliphatic rings. The number of likely N-dealkylation sites (N-methyl/N-ethyl adjacent to an activating group) is 1. The first-order valence-corrected chi connectivity index (χ1v) is 6.86. The van der Waals surface area contributed by atoms with Gasteiger partial charge in [0, 0.05) is 36.8 Å². The van der Waals surface area contributed by atoms with Gasteiger partial charge in [0.15, 0.2) is 0 Å². The molecular weight excluding hydrogens is 264 g/mol. The van der Waals surface area contributed by atoms with Crippen molar-refractivity contribution in [1.29, 1.82) is 0 Å². The summed E-state index contributed by atoms with van der Waals surface area (Å²) in [5.41, 5.74) is 0.867. The molecule has 2 aromatic rings. The highest BCUT2D eigenvalue weighted by Gasteiger charge is 2.17. The van der Waals surface area contributed by atoms with Crippen molar-refractivity contribution in [3.63, 3.8) is 0 Å². The Kier molecular flexibility index (Phi) is 4.38. The Morgan fingerprint density at radius 3 is 2.76 bits per heavy atom. The lowest BCUT2D eigenvalue weighted by molar-refractivity contribution is -0.127. The first-order valence-electron chi connectivity index (χ1n) is 6.86. The van der Waals surface area contributed by atoms with E-state index in [1.54, 1.807) is 33.2 Å². The van der Waals surface area contributed by atoms with Crippen LogP contribution < -0.4 is 0 Å². The van der Waals surface area contributed by atoms with Crippen LogP contribution in [0.5, 0.6) is 0 Å². The molecule has 0 radical (unpaired) electrons. The van der Waals surface area contributed by atoms with Crippen LogP contribution in [0.3, 0.4) is 0 Å². The van der Waals surface area contributed by atoms with Gasteiger partial charge in [0.05, 0.1) is 11.1 Å². The number of hydrogen-bond donors (Lipinski definition) is 1. The average molecular weight is 284 g/mol. The molecule has 0 unspecified atom stereocenters. The van der Waals surface area contributed by atoms with E-state index in [9.17, 15) is 9.90 Å². The summed E-state index contributed by atoms with van der Waals surface area (Å²) in [4.78, 5) is 17.9. The Labute approximate surface area is 124 Å². The van der Waals surface area contributed by atoms with E-state index in [0.717, 1.165) is 16.5 Å². The number of pyridine rings is 1. The first kappa shape index (κ1) is 15.2. The summed E-state index contributed by atoms with van der Waals surface area (Å²) in [5.74, 6) is -0.148. The number of carbonyl (C=O) groups is 1. The predicted molar refractivity (Wildman–Crippen MR) is 84.7 cm³/mol. The molecule has 0 bridgehead atoms. The van der Waals surface area contributed by atoms with Gasteiger partial charge in [-0.3, -0.25) is 9.78 Å². The van der Waals surface area contributed by atoms with Gasteiger partial charge in [-0.05, 0) is 26.0 Å². The SMILES string of the molecule is CN(CC(C)(C)O)C(=O)/C=C/c1cccc2cccnc12. The quantitative estimate of drug-likeness (QED) is 0.878. The number of hydrogen-bond acceptors (Lipinski definition) is 3. The van der Waals surface area contributed by atoms with Crippen LogP contribution in [0, 0.1) is 0 Å². The minimum Gasteiger partial charge on any atom is -0.389 e. The zero-order valence-electron chi connectivity index (χ0n) is 12.6. The van der Waals surface area contributed by atoms with E-state index in [1.807, 2.05) is 30.3 Å². The fourth-order valence-electron chi connectivity index (χ4n) is 2.21.